The molecule has 2 heterocycles. The minimum absolute atomic E-state index is 0.995. The van der Waals surface area contributed by atoms with E-state index in [1.165, 1.54) is 0 Å². The summed E-state index contributed by atoms with van der Waals surface area (Å²) in [5, 5.41) is 0. The molecule has 4 heteroatoms. The standard InChI is InChI=1S/C6H7N3S/c1-8-5-6-7-3-2-4-9(6)10-8/h2-5H,1H3. The van der Waals surface area contributed by atoms with Crippen molar-refractivity contribution in [2.24, 2.45) is 4.99 Å². The molecule has 2 aliphatic heterocycles. The Morgan fingerprint density at radius 2 is 2.50 bits per heavy atom. The minimum Gasteiger partial charge on any atom is -0.305 e. The van der Waals surface area contributed by atoms with Crippen LogP contribution in [0, 0.1) is 0 Å². The van der Waals surface area contributed by atoms with E-state index in [1.807, 2.05) is 34.1 Å². The van der Waals surface area contributed by atoms with Crippen molar-refractivity contribution >= 4 is 18.3 Å². The molecule has 0 saturated heterocycles. The number of allylic oxidation sites excluding steroid dienone is 1. The van der Waals surface area contributed by atoms with Crippen molar-refractivity contribution in [2.75, 3.05) is 7.05 Å². The predicted molar refractivity (Wildman–Crippen MR) is 42.9 cm³/mol. The summed E-state index contributed by atoms with van der Waals surface area (Å²) in [5.41, 5.74) is 0. The number of hydrogen-bond acceptors (Lipinski definition) is 4. The monoisotopic (exact) mass is 153 g/mol. The van der Waals surface area contributed by atoms with Crippen LogP contribution in [0.1, 0.15) is 0 Å². The minimum atomic E-state index is 0.995. The molecular formula is C6H7N3S. The van der Waals surface area contributed by atoms with Gasteiger partial charge in [0.25, 0.3) is 0 Å². The fourth-order valence-electron chi connectivity index (χ4n) is 0.854. The molecule has 0 aromatic heterocycles. The van der Waals surface area contributed by atoms with Gasteiger partial charge in [-0.05, 0) is 6.08 Å². The third-order valence-corrected chi connectivity index (χ3v) is 2.10. The van der Waals surface area contributed by atoms with Crippen LogP contribution in [-0.2, 0) is 0 Å². The van der Waals surface area contributed by atoms with E-state index in [-0.39, 0.29) is 0 Å². The van der Waals surface area contributed by atoms with E-state index >= 15 is 0 Å². The van der Waals surface area contributed by atoms with Gasteiger partial charge in [0.05, 0.1) is 18.3 Å². The molecule has 0 spiro atoms. The van der Waals surface area contributed by atoms with Crippen LogP contribution in [0.25, 0.3) is 0 Å². The summed E-state index contributed by atoms with van der Waals surface area (Å²) in [6.07, 6.45) is 7.70. The van der Waals surface area contributed by atoms with Crippen molar-refractivity contribution in [3.63, 3.8) is 0 Å². The molecule has 2 aliphatic rings. The summed E-state index contributed by atoms with van der Waals surface area (Å²) in [6, 6.07) is 0. The third-order valence-electron chi connectivity index (χ3n) is 1.25. The molecule has 0 saturated carbocycles. The van der Waals surface area contributed by atoms with Crippen LogP contribution < -0.4 is 0 Å². The zero-order chi connectivity index (χ0) is 6.97. The first-order chi connectivity index (χ1) is 4.86. The number of aliphatic imine (C=N–C) groups is 1. The van der Waals surface area contributed by atoms with Crippen LogP contribution in [0.3, 0.4) is 0 Å². The summed E-state index contributed by atoms with van der Waals surface area (Å²) in [7, 11) is 2.00. The number of rotatable bonds is 0. The second kappa shape index (κ2) is 2.05. The Morgan fingerprint density at radius 1 is 1.60 bits per heavy atom. The average molecular weight is 153 g/mol. The van der Waals surface area contributed by atoms with Crippen molar-refractivity contribution < 1.29 is 0 Å². The van der Waals surface area contributed by atoms with Gasteiger partial charge in [-0.2, -0.15) is 0 Å². The zero-order valence-corrected chi connectivity index (χ0v) is 6.38. The molecule has 0 bridgehead atoms. The predicted octanol–water partition coefficient (Wildman–Crippen LogP) is 1.19. The third kappa shape index (κ3) is 0.806. The largest absolute Gasteiger partial charge is 0.305 e. The molecule has 0 amide bonds. The van der Waals surface area contributed by atoms with E-state index in [2.05, 4.69) is 4.99 Å². The first kappa shape index (κ1) is 5.85. The average Bonchev–Trinajstić information content (AvgIpc) is 2.27. The van der Waals surface area contributed by atoms with E-state index in [0.717, 1.165) is 5.82 Å². The molecule has 2 rings (SSSR count). The fourth-order valence-corrected chi connectivity index (χ4v) is 1.58. The first-order valence-corrected chi connectivity index (χ1v) is 3.72. The van der Waals surface area contributed by atoms with E-state index in [1.54, 1.807) is 18.3 Å². The highest BCUT2D eigenvalue weighted by Crippen LogP contribution is 2.30. The molecular weight excluding hydrogens is 146 g/mol. The summed E-state index contributed by atoms with van der Waals surface area (Å²) in [4.78, 5) is 4.15. The zero-order valence-electron chi connectivity index (χ0n) is 5.56. The second-order valence-corrected chi connectivity index (χ2v) is 3.19. The maximum absolute atomic E-state index is 4.15. The topological polar surface area (TPSA) is 18.8 Å². The van der Waals surface area contributed by atoms with Crippen molar-refractivity contribution in [1.29, 1.82) is 0 Å². The van der Waals surface area contributed by atoms with Crippen LogP contribution in [0.2, 0.25) is 0 Å². The van der Waals surface area contributed by atoms with Gasteiger partial charge in [0.15, 0.2) is 5.82 Å². The van der Waals surface area contributed by atoms with E-state index < -0.39 is 0 Å². The van der Waals surface area contributed by atoms with Crippen molar-refractivity contribution in [3.8, 4) is 0 Å². The fraction of sp³-hybridized carbons (Fsp3) is 0.167. The molecule has 3 nitrogen and oxygen atoms in total. The number of fused-ring (bicyclic) bond motifs is 1. The Hall–Kier alpha value is -0.900. The molecule has 0 aromatic carbocycles. The maximum atomic E-state index is 4.15. The molecule has 0 aliphatic carbocycles. The SMILES string of the molecule is CN1C=C2N=CC=CN2S1. The Labute approximate surface area is 64.0 Å². The van der Waals surface area contributed by atoms with Gasteiger partial charge in [-0.15, -0.1) is 0 Å². The lowest BCUT2D eigenvalue weighted by atomic mass is 10.5. The number of nitrogens with zero attached hydrogens (tertiary/aromatic N) is 3. The second-order valence-electron chi connectivity index (χ2n) is 2.06. The molecule has 0 fully saturated rings. The van der Waals surface area contributed by atoms with Crippen LogP contribution in [0.15, 0.2) is 29.3 Å². The van der Waals surface area contributed by atoms with Crippen LogP contribution >= 0.6 is 12.1 Å². The number of hydrogen-bond donors (Lipinski definition) is 0. The van der Waals surface area contributed by atoms with Crippen molar-refractivity contribution in [3.05, 3.63) is 24.3 Å². The van der Waals surface area contributed by atoms with Crippen LogP contribution in [0.4, 0.5) is 0 Å². The van der Waals surface area contributed by atoms with E-state index in [9.17, 15) is 0 Å². The van der Waals surface area contributed by atoms with Crippen molar-refractivity contribution in [2.45, 2.75) is 0 Å². The molecule has 0 radical (unpaired) electrons. The highest BCUT2D eigenvalue weighted by atomic mass is 32.2. The molecule has 0 N–H and O–H groups in total. The molecule has 0 aromatic rings. The summed E-state index contributed by atoms with van der Waals surface area (Å²) < 4.78 is 4.03. The van der Waals surface area contributed by atoms with E-state index in [0.29, 0.717) is 0 Å². The lowest BCUT2D eigenvalue weighted by Gasteiger charge is -2.13. The van der Waals surface area contributed by atoms with Gasteiger partial charge in [0.1, 0.15) is 0 Å². The lowest BCUT2D eigenvalue weighted by Crippen LogP contribution is -2.05. The van der Waals surface area contributed by atoms with Gasteiger partial charge < -0.3 is 4.31 Å². The molecule has 0 unspecified atom stereocenters. The quantitative estimate of drug-likeness (QED) is 0.487. The highest BCUT2D eigenvalue weighted by Gasteiger charge is 2.17. The van der Waals surface area contributed by atoms with E-state index in [4.69, 9.17) is 0 Å². The van der Waals surface area contributed by atoms with Gasteiger partial charge in [-0.1, -0.05) is 0 Å². The molecule has 52 valence electrons. The van der Waals surface area contributed by atoms with Gasteiger partial charge in [0, 0.05) is 19.5 Å². The van der Waals surface area contributed by atoms with Crippen LogP contribution in [-0.4, -0.2) is 21.9 Å². The summed E-state index contributed by atoms with van der Waals surface area (Å²) >= 11 is 1.62. The normalized spacial score (nSPS) is 21.5. The smallest absolute Gasteiger partial charge is 0.161 e. The summed E-state index contributed by atoms with van der Waals surface area (Å²) in [6.45, 7) is 0. The van der Waals surface area contributed by atoms with Gasteiger partial charge in [-0.3, -0.25) is 4.31 Å². The van der Waals surface area contributed by atoms with Gasteiger partial charge in [0.2, 0.25) is 0 Å². The Bertz CT molecular complexity index is 231. The Morgan fingerprint density at radius 3 is 3.30 bits per heavy atom. The van der Waals surface area contributed by atoms with Crippen LogP contribution in [0.5, 0.6) is 0 Å². The highest BCUT2D eigenvalue weighted by molar-refractivity contribution is 7.95. The molecule has 0 atom stereocenters. The first-order valence-electron chi connectivity index (χ1n) is 2.99. The maximum Gasteiger partial charge on any atom is 0.161 e. The molecule has 10 heavy (non-hydrogen) atoms. The summed E-state index contributed by atoms with van der Waals surface area (Å²) in [5.74, 6) is 0.995. The lowest BCUT2D eigenvalue weighted by molar-refractivity contribution is 0.763. The van der Waals surface area contributed by atoms with Gasteiger partial charge in [-0.25, -0.2) is 4.99 Å². The Kier molecular flexibility index (Phi) is 1.20. The van der Waals surface area contributed by atoms with Crippen molar-refractivity contribution in [1.82, 2.24) is 8.61 Å². The van der Waals surface area contributed by atoms with Gasteiger partial charge >= 0.3 is 0 Å². The Balaban J connectivity index is 2.29.